The van der Waals surface area contributed by atoms with Gasteiger partial charge >= 0.3 is 6.18 Å². The summed E-state index contributed by atoms with van der Waals surface area (Å²) >= 11 is 0. The van der Waals surface area contributed by atoms with Crippen molar-refractivity contribution in [3.05, 3.63) is 0 Å². The van der Waals surface area contributed by atoms with Crippen molar-refractivity contribution in [3.8, 4) is 0 Å². The number of hydrogen-bond acceptors (Lipinski definition) is 1. The van der Waals surface area contributed by atoms with Crippen molar-refractivity contribution >= 4 is 0 Å². The molecule has 0 aromatic carbocycles. The zero-order valence-corrected chi connectivity index (χ0v) is 11.1. The Hall–Kier alpha value is -0.250. The van der Waals surface area contributed by atoms with Gasteiger partial charge in [0.25, 0.3) is 0 Å². The first-order valence-electron chi connectivity index (χ1n) is 7.24. The van der Waals surface area contributed by atoms with E-state index >= 15 is 0 Å². The second kappa shape index (κ2) is 5.81. The molecule has 0 aromatic heterocycles. The molecule has 2 rings (SSSR count). The molecule has 1 N–H and O–H groups in total. The third kappa shape index (κ3) is 3.87. The third-order valence-corrected chi connectivity index (χ3v) is 4.70. The second-order valence-corrected chi connectivity index (χ2v) is 6.08. The van der Waals surface area contributed by atoms with Crippen LogP contribution in [0.25, 0.3) is 0 Å². The Morgan fingerprint density at radius 3 is 2.44 bits per heavy atom. The molecule has 2 aliphatic carbocycles. The van der Waals surface area contributed by atoms with Crippen molar-refractivity contribution in [2.24, 2.45) is 17.8 Å². The van der Waals surface area contributed by atoms with Crippen LogP contribution in [0.15, 0.2) is 0 Å². The fourth-order valence-electron chi connectivity index (χ4n) is 3.33. The number of nitrogens with one attached hydrogen (secondary N) is 1. The Bertz CT molecular complexity index is 260. The Balaban J connectivity index is 1.84. The number of hydrogen-bond donors (Lipinski definition) is 1. The highest BCUT2D eigenvalue weighted by Gasteiger charge is 2.43. The predicted molar refractivity (Wildman–Crippen MR) is 66.3 cm³/mol. The summed E-state index contributed by atoms with van der Waals surface area (Å²) < 4.78 is 38.4. The lowest BCUT2D eigenvalue weighted by Crippen LogP contribution is -2.39. The molecule has 2 fully saturated rings. The van der Waals surface area contributed by atoms with Crippen molar-refractivity contribution in [3.63, 3.8) is 0 Å². The van der Waals surface area contributed by atoms with Gasteiger partial charge in [0.2, 0.25) is 0 Å². The molecule has 0 amide bonds. The molecule has 0 radical (unpaired) electrons. The minimum atomic E-state index is -3.99. The molecule has 1 nitrogen and oxygen atoms in total. The van der Waals surface area contributed by atoms with Crippen LogP contribution >= 0.6 is 0 Å². The summed E-state index contributed by atoms with van der Waals surface area (Å²) in [6, 6.07) is 0.288. The molecule has 0 spiro atoms. The van der Waals surface area contributed by atoms with Gasteiger partial charge in [0.15, 0.2) is 0 Å². The number of halogens is 3. The average Bonchev–Trinajstić information content (AvgIpc) is 3.13. The van der Waals surface area contributed by atoms with Crippen molar-refractivity contribution in [2.45, 2.75) is 63.6 Å². The summed E-state index contributed by atoms with van der Waals surface area (Å²) in [5, 5.41) is 3.26. The van der Waals surface area contributed by atoms with Crippen LogP contribution in [0, 0.1) is 17.8 Å². The molecule has 0 saturated heterocycles. The standard InChI is InChI=1S/C14H24F3N/c1-18-13(8-7-10-5-6-10)11-3-2-4-12(9-11)14(15,16)17/h10-13,18H,2-9H2,1H3. The minimum Gasteiger partial charge on any atom is -0.317 e. The molecule has 106 valence electrons. The first-order chi connectivity index (χ1) is 8.50. The quantitative estimate of drug-likeness (QED) is 0.786. The van der Waals surface area contributed by atoms with E-state index in [1.54, 1.807) is 0 Å². The van der Waals surface area contributed by atoms with Gasteiger partial charge in [-0.05, 0) is 51.0 Å². The van der Waals surface area contributed by atoms with Crippen LogP contribution in [0.4, 0.5) is 13.2 Å². The molecular formula is C14H24F3N. The zero-order chi connectivity index (χ0) is 13.2. The van der Waals surface area contributed by atoms with Crippen LogP contribution in [-0.2, 0) is 0 Å². The van der Waals surface area contributed by atoms with Gasteiger partial charge in [0.1, 0.15) is 0 Å². The van der Waals surface area contributed by atoms with Gasteiger partial charge < -0.3 is 5.32 Å². The van der Waals surface area contributed by atoms with E-state index in [4.69, 9.17) is 0 Å². The molecule has 3 unspecified atom stereocenters. The van der Waals surface area contributed by atoms with E-state index < -0.39 is 12.1 Å². The zero-order valence-electron chi connectivity index (χ0n) is 11.1. The van der Waals surface area contributed by atoms with E-state index in [0.717, 1.165) is 25.2 Å². The molecular weight excluding hydrogens is 239 g/mol. The van der Waals surface area contributed by atoms with E-state index in [2.05, 4.69) is 5.32 Å². The first-order valence-corrected chi connectivity index (χ1v) is 7.24. The highest BCUT2D eigenvalue weighted by atomic mass is 19.4. The maximum atomic E-state index is 12.8. The fraction of sp³-hybridized carbons (Fsp3) is 1.00. The van der Waals surface area contributed by atoms with Gasteiger partial charge in [-0.15, -0.1) is 0 Å². The summed E-state index contributed by atoms with van der Waals surface area (Å²) in [6.07, 6.45) is 3.26. The normalized spacial score (nSPS) is 31.3. The lowest BCUT2D eigenvalue weighted by atomic mass is 9.76. The van der Waals surface area contributed by atoms with E-state index in [-0.39, 0.29) is 12.0 Å². The molecule has 0 heterocycles. The second-order valence-electron chi connectivity index (χ2n) is 6.08. The predicted octanol–water partition coefficient (Wildman–Crippen LogP) is 4.13. The lowest BCUT2D eigenvalue weighted by Gasteiger charge is -2.35. The summed E-state index contributed by atoms with van der Waals surface area (Å²) in [4.78, 5) is 0. The van der Waals surface area contributed by atoms with Crippen molar-refractivity contribution in [2.75, 3.05) is 7.05 Å². The Labute approximate surface area is 108 Å². The molecule has 0 aromatic rings. The Morgan fingerprint density at radius 1 is 1.17 bits per heavy atom. The van der Waals surface area contributed by atoms with Gasteiger partial charge in [-0.1, -0.05) is 19.3 Å². The van der Waals surface area contributed by atoms with Crippen LogP contribution in [-0.4, -0.2) is 19.3 Å². The monoisotopic (exact) mass is 263 g/mol. The third-order valence-electron chi connectivity index (χ3n) is 4.70. The van der Waals surface area contributed by atoms with Gasteiger partial charge in [0.05, 0.1) is 5.92 Å². The van der Waals surface area contributed by atoms with E-state index in [0.29, 0.717) is 12.8 Å². The van der Waals surface area contributed by atoms with Crippen LogP contribution in [0.3, 0.4) is 0 Å². The largest absolute Gasteiger partial charge is 0.391 e. The average molecular weight is 263 g/mol. The van der Waals surface area contributed by atoms with E-state index in [9.17, 15) is 13.2 Å². The van der Waals surface area contributed by atoms with E-state index in [1.165, 1.54) is 19.3 Å². The fourth-order valence-corrected chi connectivity index (χ4v) is 3.33. The summed E-state index contributed by atoms with van der Waals surface area (Å²) in [5.41, 5.74) is 0. The topological polar surface area (TPSA) is 12.0 Å². The van der Waals surface area contributed by atoms with Crippen molar-refractivity contribution in [1.82, 2.24) is 5.32 Å². The summed E-state index contributed by atoms with van der Waals surface area (Å²) in [5.74, 6) is 0.0185. The lowest BCUT2D eigenvalue weighted by molar-refractivity contribution is -0.186. The van der Waals surface area contributed by atoms with Gasteiger partial charge in [0, 0.05) is 6.04 Å². The maximum Gasteiger partial charge on any atom is 0.391 e. The molecule has 18 heavy (non-hydrogen) atoms. The summed E-state index contributed by atoms with van der Waals surface area (Å²) in [7, 11) is 1.90. The molecule has 0 aliphatic heterocycles. The smallest absolute Gasteiger partial charge is 0.317 e. The molecule has 4 heteroatoms. The SMILES string of the molecule is CNC(CCC1CC1)C1CCCC(C(F)(F)F)C1. The van der Waals surface area contributed by atoms with Gasteiger partial charge in [-0.2, -0.15) is 13.2 Å². The van der Waals surface area contributed by atoms with Crippen LogP contribution in [0.5, 0.6) is 0 Å². The van der Waals surface area contributed by atoms with Crippen LogP contribution in [0.1, 0.15) is 51.4 Å². The van der Waals surface area contributed by atoms with Crippen LogP contribution < -0.4 is 5.32 Å². The highest BCUT2D eigenvalue weighted by molar-refractivity contribution is 4.86. The molecule has 0 bridgehead atoms. The maximum absolute atomic E-state index is 12.8. The number of alkyl halides is 3. The van der Waals surface area contributed by atoms with Crippen molar-refractivity contribution in [1.29, 1.82) is 0 Å². The van der Waals surface area contributed by atoms with Crippen LogP contribution in [0.2, 0.25) is 0 Å². The van der Waals surface area contributed by atoms with E-state index in [1.807, 2.05) is 7.05 Å². The molecule has 2 saturated carbocycles. The highest BCUT2D eigenvalue weighted by Crippen LogP contribution is 2.42. The Morgan fingerprint density at radius 2 is 1.89 bits per heavy atom. The first kappa shape index (κ1) is 14.2. The van der Waals surface area contributed by atoms with Gasteiger partial charge in [-0.3, -0.25) is 0 Å². The molecule has 3 atom stereocenters. The van der Waals surface area contributed by atoms with Crippen molar-refractivity contribution < 1.29 is 13.2 Å². The minimum absolute atomic E-state index is 0.217. The number of rotatable bonds is 5. The summed E-state index contributed by atoms with van der Waals surface area (Å²) in [6.45, 7) is 0. The Kier molecular flexibility index (Phi) is 4.57. The molecule has 2 aliphatic rings. The van der Waals surface area contributed by atoms with Gasteiger partial charge in [-0.25, -0.2) is 0 Å².